The number of halogens is 2. The molecule has 1 aliphatic rings. The number of likely N-dealkylation sites (tertiary alicyclic amines) is 1. The molecule has 0 aromatic heterocycles. The fraction of sp³-hybridized carbons (Fsp3) is 0.276. The van der Waals surface area contributed by atoms with Gasteiger partial charge in [-0.05, 0) is 54.4 Å². The number of benzene rings is 3. The highest BCUT2D eigenvalue weighted by molar-refractivity contribution is 7.99. The summed E-state index contributed by atoms with van der Waals surface area (Å²) >= 11 is 1.58. The van der Waals surface area contributed by atoms with E-state index in [2.05, 4.69) is 6.58 Å². The Morgan fingerprint density at radius 1 is 1.06 bits per heavy atom. The lowest BCUT2D eigenvalue weighted by Crippen LogP contribution is -2.38. The third-order valence-electron chi connectivity index (χ3n) is 6.39. The van der Waals surface area contributed by atoms with Crippen molar-refractivity contribution < 1.29 is 18.7 Å². The van der Waals surface area contributed by atoms with Crippen LogP contribution in [-0.4, -0.2) is 46.9 Å². The van der Waals surface area contributed by atoms with E-state index in [4.69, 9.17) is 0 Å². The normalized spacial score (nSPS) is 14.9. The van der Waals surface area contributed by atoms with Crippen molar-refractivity contribution >= 4 is 23.4 Å². The number of aryl methyl sites for hydroxylation is 1. The minimum absolute atomic E-state index is 0.103. The molecule has 0 spiro atoms. The van der Waals surface area contributed by atoms with Crippen molar-refractivity contribution in [1.82, 2.24) is 9.80 Å². The van der Waals surface area contributed by atoms with Crippen LogP contribution >= 0.6 is 11.8 Å². The number of hydrogen-bond acceptors (Lipinski definition) is 4. The van der Waals surface area contributed by atoms with Crippen molar-refractivity contribution in [3.8, 4) is 5.75 Å². The number of phenols is 1. The second-order valence-electron chi connectivity index (χ2n) is 9.20. The lowest BCUT2D eigenvalue weighted by Gasteiger charge is -2.35. The molecular weight excluding hydrogens is 478 g/mol. The molecule has 1 N–H and O–H groups in total. The van der Waals surface area contributed by atoms with Crippen LogP contribution in [0.15, 0.2) is 83.1 Å². The zero-order valence-corrected chi connectivity index (χ0v) is 21.3. The number of aromatic hydroxyl groups is 1. The maximum atomic E-state index is 13.6. The van der Waals surface area contributed by atoms with Crippen molar-refractivity contribution in [3.63, 3.8) is 0 Å². The maximum Gasteiger partial charge on any atom is 0.253 e. The first kappa shape index (κ1) is 25.8. The molecule has 0 saturated carbocycles. The van der Waals surface area contributed by atoms with Gasteiger partial charge in [-0.15, -0.1) is 0 Å². The first-order chi connectivity index (χ1) is 17.1. The van der Waals surface area contributed by atoms with E-state index in [0.717, 1.165) is 32.2 Å². The zero-order chi connectivity index (χ0) is 25.9. The third kappa shape index (κ3) is 6.08. The van der Waals surface area contributed by atoms with Crippen LogP contribution in [-0.2, 0) is 6.54 Å². The van der Waals surface area contributed by atoms with E-state index in [1.165, 1.54) is 0 Å². The molecule has 0 aliphatic carbocycles. The highest BCUT2D eigenvalue weighted by Gasteiger charge is 2.34. The highest BCUT2D eigenvalue weighted by atomic mass is 32.2. The molecule has 4 rings (SSSR count). The molecule has 1 fully saturated rings. The Morgan fingerprint density at radius 3 is 2.47 bits per heavy atom. The second-order valence-corrected chi connectivity index (χ2v) is 10.3. The van der Waals surface area contributed by atoms with Gasteiger partial charge in [0, 0.05) is 66.1 Å². The quantitative estimate of drug-likeness (QED) is 0.380. The van der Waals surface area contributed by atoms with Gasteiger partial charge in [-0.3, -0.25) is 4.79 Å². The number of carbonyl (C=O) groups excluding carboxylic acids is 1. The van der Waals surface area contributed by atoms with Crippen LogP contribution in [0.5, 0.6) is 5.75 Å². The molecule has 36 heavy (non-hydrogen) atoms. The number of nitrogens with zero attached hydrogens (tertiary/aromatic N) is 2. The fourth-order valence-electron chi connectivity index (χ4n) is 4.30. The number of phenolic OH excluding ortho intramolecular Hbond substituents is 1. The van der Waals surface area contributed by atoms with Crippen LogP contribution in [0.4, 0.5) is 8.78 Å². The Hall–Kier alpha value is -3.32. The summed E-state index contributed by atoms with van der Waals surface area (Å²) in [6.07, 6.45) is -0.314. The average Bonchev–Trinajstić information content (AvgIpc) is 2.84. The minimum atomic E-state index is -2.60. The largest absolute Gasteiger partial charge is 0.508 e. The molecule has 188 valence electrons. The minimum Gasteiger partial charge on any atom is -0.508 e. The van der Waals surface area contributed by atoms with Gasteiger partial charge in [-0.2, -0.15) is 0 Å². The van der Waals surface area contributed by atoms with E-state index in [0.29, 0.717) is 12.1 Å². The van der Waals surface area contributed by atoms with Crippen LogP contribution in [0.1, 0.15) is 39.9 Å². The first-order valence-electron chi connectivity index (χ1n) is 11.9. The molecule has 0 radical (unpaired) electrons. The number of rotatable bonds is 7. The van der Waals surface area contributed by atoms with Gasteiger partial charge in [0.1, 0.15) is 5.75 Å². The lowest BCUT2D eigenvalue weighted by atomic mass is 10.0. The fourth-order valence-corrected chi connectivity index (χ4v) is 5.34. The summed E-state index contributed by atoms with van der Waals surface area (Å²) in [5.74, 6) is -2.53. The van der Waals surface area contributed by atoms with Gasteiger partial charge in [0.25, 0.3) is 11.8 Å². The van der Waals surface area contributed by atoms with Crippen molar-refractivity contribution in [2.45, 2.75) is 42.0 Å². The Bertz CT molecular complexity index is 1270. The Kier molecular flexibility index (Phi) is 7.69. The molecule has 0 atom stereocenters. The molecular formula is C29H30F2N2O2S. The van der Waals surface area contributed by atoms with E-state index in [1.807, 2.05) is 60.4 Å². The van der Waals surface area contributed by atoms with Gasteiger partial charge in [0.05, 0.1) is 0 Å². The van der Waals surface area contributed by atoms with Gasteiger partial charge in [0.15, 0.2) is 0 Å². The van der Waals surface area contributed by atoms with Gasteiger partial charge in [0.2, 0.25) is 0 Å². The monoisotopic (exact) mass is 508 g/mol. The van der Waals surface area contributed by atoms with Gasteiger partial charge < -0.3 is 14.9 Å². The number of alkyl halides is 2. The molecule has 4 nitrogen and oxygen atoms in total. The van der Waals surface area contributed by atoms with Gasteiger partial charge in [-0.1, -0.05) is 48.7 Å². The lowest BCUT2D eigenvalue weighted by molar-refractivity contribution is -0.0450. The van der Waals surface area contributed by atoms with Crippen LogP contribution in [0.2, 0.25) is 0 Å². The van der Waals surface area contributed by atoms with Gasteiger partial charge >= 0.3 is 0 Å². The van der Waals surface area contributed by atoms with Crippen molar-refractivity contribution in [1.29, 1.82) is 0 Å². The smallest absolute Gasteiger partial charge is 0.253 e. The van der Waals surface area contributed by atoms with Crippen LogP contribution < -0.4 is 0 Å². The molecule has 0 unspecified atom stereocenters. The summed E-state index contributed by atoms with van der Waals surface area (Å²) in [5, 5.41) is 9.67. The predicted octanol–water partition coefficient (Wildman–Crippen LogP) is 6.83. The van der Waals surface area contributed by atoms with E-state index in [-0.39, 0.29) is 37.6 Å². The average molecular weight is 509 g/mol. The first-order valence-corrected chi connectivity index (χ1v) is 12.7. The topological polar surface area (TPSA) is 43.8 Å². The molecule has 1 heterocycles. The highest BCUT2D eigenvalue weighted by Crippen LogP contribution is 2.38. The van der Waals surface area contributed by atoms with E-state index in [9.17, 15) is 18.7 Å². The molecule has 1 saturated heterocycles. The number of hydrogen-bond donors (Lipinski definition) is 1. The Morgan fingerprint density at radius 2 is 1.78 bits per heavy atom. The summed E-state index contributed by atoms with van der Waals surface area (Å²) in [7, 11) is 1.74. The van der Waals surface area contributed by atoms with Crippen LogP contribution in [0, 0.1) is 6.92 Å². The summed E-state index contributed by atoms with van der Waals surface area (Å²) < 4.78 is 27.2. The SMILES string of the molecule is C=C(c1ccccc1Sc1ccc(C(=O)N(C)Cc2cccc(O)c2)cc1C)N1CCC(F)(F)CC1. The number of piperidine rings is 1. The molecule has 3 aromatic carbocycles. The number of carbonyl (C=O) groups is 1. The van der Waals surface area contributed by atoms with E-state index >= 15 is 0 Å². The molecule has 1 aliphatic heterocycles. The molecule has 0 bridgehead atoms. The summed E-state index contributed by atoms with van der Waals surface area (Å²) in [6, 6.07) is 20.4. The third-order valence-corrected chi connectivity index (χ3v) is 7.65. The van der Waals surface area contributed by atoms with Crippen LogP contribution in [0.3, 0.4) is 0 Å². The zero-order valence-electron chi connectivity index (χ0n) is 20.5. The van der Waals surface area contributed by atoms with E-state index in [1.54, 1.807) is 41.9 Å². The maximum absolute atomic E-state index is 13.6. The van der Waals surface area contributed by atoms with Crippen molar-refractivity contribution in [2.75, 3.05) is 20.1 Å². The summed E-state index contributed by atoms with van der Waals surface area (Å²) in [6.45, 7) is 7.16. The molecule has 7 heteroatoms. The Balaban J connectivity index is 1.47. The molecule has 3 aromatic rings. The van der Waals surface area contributed by atoms with Crippen LogP contribution in [0.25, 0.3) is 5.70 Å². The standard InChI is InChI=1S/C29H30F2N2O2S/c1-20-17-23(28(35)32(3)19-22-7-6-8-24(34)18-22)11-12-26(20)36-27-10-5-4-9-25(27)21(2)33-15-13-29(30,31)14-16-33/h4-12,17-18,34H,2,13-16,19H2,1,3H3. The number of amides is 1. The molecule has 1 amide bonds. The predicted molar refractivity (Wildman–Crippen MR) is 140 cm³/mol. The van der Waals surface area contributed by atoms with Gasteiger partial charge in [-0.25, -0.2) is 8.78 Å². The Labute approximate surface area is 215 Å². The van der Waals surface area contributed by atoms with Crippen molar-refractivity contribution in [3.05, 3.63) is 95.6 Å². The summed E-state index contributed by atoms with van der Waals surface area (Å²) in [4.78, 5) is 18.6. The second kappa shape index (κ2) is 10.7. The summed E-state index contributed by atoms with van der Waals surface area (Å²) in [5.41, 5.74) is 4.09. The van der Waals surface area contributed by atoms with E-state index < -0.39 is 5.92 Å². The van der Waals surface area contributed by atoms with Crippen molar-refractivity contribution in [2.24, 2.45) is 0 Å².